The largest absolute Gasteiger partial charge is 0.320 e. The molecule has 0 radical (unpaired) electrons. The summed E-state index contributed by atoms with van der Waals surface area (Å²) in [6.07, 6.45) is 0. The van der Waals surface area contributed by atoms with Crippen molar-refractivity contribution in [2.24, 2.45) is 5.73 Å². The molecular formula is C16H21IN2. The molecule has 0 fully saturated rings. The lowest BCUT2D eigenvalue weighted by Gasteiger charge is -2.04. The van der Waals surface area contributed by atoms with E-state index < -0.39 is 0 Å². The lowest BCUT2D eigenvalue weighted by Crippen LogP contribution is -2.07. The molecule has 3 rings (SSSR count). The molecule has 1 aliphatic rings. The summed E-state index contributed by atoms with van der Waals surface area (Å²) >= 11 is 0. The van der Waals surface area contributed by atoms with Crippen molar-refractivity contribution in [2.45, 2.75) is 6.04 Å². The van der Waals surface area contributed by atoms with Gasteiger partial charge in [-0.05, 0) is 43.4 Å². The Morgan fingerprint density at radius 3 is 1.47 bits per heavy atom. The number of hydrogen-bond acceptors (Lipinski definition) is 2. The number of hydrogen-bond donors (Lipinski definition) is 1. The van der Waals surface area contributed by atoms with Gasteiger partial charge in [0.1, 0.15) is 0 Å². The molecule has 1 aliphatic carbocycles. The molecule has 2 nitrogen and oxygen atoms in total. The zero-order valence-corrected chi connectivity index (χ0v) is 14.0. The normalized spacial score (nSPS) is 12.1. The minimum absolute atomic E-state index is 0. The van der Waals surface area contributed by atoms with Crippen molar-refractivity contribution in [1.82, 2.24) is 4.90 Å². The minimum Gasteiger partial charge on any atom is -0.320 e. The average Bonchev–Trinajstić information content (AvgIpc) is 2.64. The molecule has 0 amide bonds. The molecule has 0 spiro atoms. The van der Waals surface area contributed by atoms with E-state index in [1.165, 1.54) is 22.3 Å². The fourth-order valence-electron chi connectivity index (χ4n) is 2.19. The van der Waals surface area contributed by atoms with Crippen LogP contribution in [0.15, 0.2) is 48.5 Å². The predicted octanol–water partition coefficient (Wildman–Crippen LogP) is 3.51. The average molecular weight is 368 g/mol. The van der Waals surface area contributed by atoms with Crippen molar-refractivity contribution in [1.29, 1.82) is 0 Å². The molecular weight excluding hydrogens is 347 g/mol. The van der Waals surface area contributed by atoms with Gasteiger partial charge in [0.25, 0.3) is 0 Å². The Labute approximate surface area is 132 Å². The summed E-state index contributed by atoms with van der Waals surface area (Å²) < 4.78 is 0. The summed E-state index contributed by atoms with van der Waals surface area (Å²) in [4.78, 5) is 2.00. The summed E-state index contributed by atoms with van der Waals surface area (Å²) in [6.45, 7) is 0. The topological polar surface area (TPSA) is 29.3 Å². The van der Waals surface area contributed by atoms with Crippen LogP contribution >= 0.6 is 24.0 Å². The van der Waals surface area contributed by atoms with E-state index in [4.69, 9.17) is 5.73 Å². The highest BCUT2D eigenvalue weighted by molar-refractivity contribution is 14.0. The fourth-order valence-corrected chi connectivity index (χ4v) is 2.19. The molecule has 19 heavy (non-hydrogen) atoms. The summed E-state index contributed by atoms with van der Waals surface area (Å²) in [5, 5.41) is 0. The van der Waals surface area contributed by atoms with Crippen LogP contribution < -0.4 is 5.73 Å². The SMILES string of the molecule is CN(C)C.I.NC1c2ccccc2-c2ccccc21. The van der Waals surface area contributed by atoms with Gasteiger partial charge in [0.15, 0.2) is 0 Å². The van der Waals surface area contributed by atoms with Crippen molar-refractivity contribution in [3.63, 3.8) is 0 Å². The number of nitrogens with zero attached hydrogens (tertiary/aromatic N) is 1. The molecule has 0 saturated carbocycles. The zero-order chi connectivity index (χ0) is 13.1. The lowest BCUT2D eigenvalue weighted by atomic mass is 10.1. The standard InChI is InChI=1S/C13H11N.C3H9N.HI/c14-13-11-7-3-1-5-9(11)10-6-2-4-8-12(10)13;1-4(2)3;/h1-8,13H,14H2;1-3H3;1H. The van der Waals surface area contributed by atoms with Crippen LogP contribution in [0.3, 0.4) is 0 Å². The second-order valence-corrected chi connectivity index (χ2v) is 4.99. The Kier molecular flexibility index (Phi) is 5.97. The van der Waals surface area contributed by atoms with Crippen LogP contribution in [0.1, 0.15) is 17.2 Å². The number of halogens is 1. The zero-order valence-electron chi connectivity index (χ0n) is 11.6. The molecule has 3 heteroatoms. The van der Waals surface area contributed by atoms with Crippen molar-refractivity contribution in [3.8, 4) is 11.1 Å². The van der Waals surface area contributed by atoms with Gasteiger partial charge in [-0.1, -0.05) is 48.5 Å². The third kappa shape index (κ3) is 3.55. The number of benzene rings is 2. The molecule has 0 aliphatic heterocycles. The number of fused-ring (bicyclic) bond motifs is 3. The molecule has 2 aromatic rings. The van der Waals surface area contributed by atoms with E-state index >= 15 is 0 Å². The van der Waals surface area contributed by atoms with Crippen LogP contribution in [-0.4, -0.2) is 26.0 Å². The van der Waals surface area contributed by atoms with Crippen LogP contribution in [0.4, 0.5) is 0 Å². The van der Waals surface area contributed by atoms with E-state index in [1.807, 2.05) is 38.2 Å². The summed E-state index contributed by atoms with van der Waals surface area (Å²) in [7, 11) is 6.00. The van der Waals surface area contributed by atoms with Gasteiger partial charge in [-0.15, -0.1) is 24.0 Å². The Bertz CT molecular complexity index is 490. The monoisotopic (exact) mass is 368 g/mol. The molecule has 2 aromatic carbocycles. The van der Waals surface area contributed by atoms with Crippen molar-refractivity contribution < 1.29 is 0 Å². The molecule has 0 saturated heterocycles. The lowest BCUT2D eigenvalue weighted by molar-refractivity contribution is 0.505. The first-order valence-electron chi connectivity index (χ1n) is 6.16. The maximum Gasteiger partial charge on any atom is 0.0563 e. The summed E-state index contributed by atoms with van der Waals surface area (Å²) in [5.41, 5.74) is 11.2. The molecule has 0 bridgehead atoms. The van der Waals surface area contributed by atoms with Crippen molar-refractivity contribution in [3.05, 3.63) is 59.7 Å². The maximum absolute atomic E-state index is 6.16. The Balaban J connectivity index is 0.000000323. The summed E-state index contributed by atoms with van der Waals surface area (Å²) in [6, 6.07) is 16.8. The van der Waals surface area contributed by atoms with Gasteiger partial charge in [-0.2, -0.15) is 0 Å². The van der Waals surface area contributed by atoms with Crippen LogP contribution in [0, 0.1) is 0 Å². The van der Waals surface area contributed by atoms with Gasteiger partial charge in [0.2, 0.25) is 0 Å². The van der Waals surface area contributed by atoms with E-state index in [1.54, 1.807) is 0 Å². The van der Waals surface area contributed by atoms with Crippen molar-refractivity contribution >= 4 is 24.0 Å². The van der Waals surface area contributed by atoms with E-state index in [0.29, 0.717) is 0 Å². The third-order valence-corrected chi connectivity index (χ3v) is 2.88. The third-order valence-electron chi connectivity index (χ3n) is 2.88. The molecule has 102 valence electrons. The van der Waals surface area contributed by atoms with Crippen LogP contribution in [0.25, 0.3) is 11.1 Å². The molecule has 2 N–H and O–H groups in total. The van der Waals surface area contributed by atoms with E-state index in [-0.39, 0.29) is 30.0 Å². The molecule has 0 aromatic heterocycles. The van der Waals surface area contributed by atoms with Gasteiger partial charge < -0.3 is 10.6 Å². The highest BCUT2D eigenvalue weighted by Gasteiger charge is 2.24. The molecule has 0 unspecified atom stereocenters. The van der Waals surface area contributed by atoms with Gasteiger partial charge >= 0.3 is 0 Å². The van der Waals surface area contributed by atoms with E-state index in [2.05, 4.69) is 36.4 Å². The smallest absolute Gasteiger partial charge is 0.0563 e. The fraction of sp³-hybridized carbons (Fsp3) is 0.250. The van der Waals surface area contributed by atoms with Crippen LogP contribution in [0.5, 0.6) is 0 Å². The van der Waals surface area contributed by atoms with E-state index in [0.717, 1.165) is 0 Å². The van der Waals surface area contributed by atoms with Crippen LogP contribution in [-0.2, 0) is 0 Å². The Morgan fingerprint density at radius 2 is 1.11 bits per heavy atom. The first-order valence-corrected chi connectivity index (χ1v) is 6.16. The number of nitrogens with two attached hydrogens (primary N) is 1. The van der Waals surface area contributed by atoms with Gasteiger partial charge in [0.05, 0.1) is 6.04 Å². The Hall–Kier alpha value is -0.910. The van der Waals surface area contributed by atoms with E-state index in [9.17, 15) is 0 Å². The highest BCUT2D eigenvalue weighted by Crippen LogP contribution is 2.41. The Morgan fingerprint density at radius 1 is 0.789 bits per heavy atom. The van der Waals surface area contributed by atoms with Gasteiger partial charge in [0, 0.05) is 0 Å². The molecule has 0 heterocycles. The second-order valence-electron chi connectivity index (χ2n) is 4.99. The van der Waals surface area contributed by atoms with Gasteiger partial charge in [-0.3, -0.25) is 0 Å². The summed E-state index contributed by atoms with van der Waals surface area (Å²) in [5.74, 6) is 0. The number of rotatable bonds is 0. The minimum atomic E-state index is 0. The van der Waals surface area contributed by atoms with Gasteiger partial charge in [-0.25, -0.2) is 0 Å². The highest BCUT2D eigenvalue weighted by atomic mass is 127. The predicted molar refractivity (Wildman–Crippen MR) is 92.9 cm³/mol. The van der Waals surface area contributed by atoms with Crippen molar-refractivity contribution in [2.75, 3.05) is 21.1 Å². The maximum atomic E-state index is 6.16. The second kappa shape index (κ2) is 7.03. The van der Waals surface area contributed by atoms with Crippen LogP contribution in [0.2, 0.25) is 0 Å². The first kappa shape index (κ1) is 16.1. The first-order chi connectivity index (χ1) is 8.61. The quantitative estimate of drug-likeness (QED) is 0.722. The molecule has 0 atom stereocenters.